The van der Waals surface area contributed by atoms with Gasteiger partial charge in [0.1, 0.15) is 5.54 Å². The van der Waals surface area contributed by atoms with Crippen LogP contribution >= 0.6 is 0 Å². The average molecular weight is 296 g/mol. The van der Waals surface area contributed by atoms with Gasteiger partial charge in [0.2, 0.25) is 0 Å². The van der Waals surface area contributed by atoms with Gasteiger partial charge in [-0.3, -0.25) is 15.0 Å². The molecule has 4 nitrogen and oxygen atoms in total. The molecule has 2 aliphatic rings. The van der Waals surface area contributed by atoms with E-state index >= 15 is 0 Å². The lowest BCUT2D eigenvalue weighted by molar-refractivity contribution is -0.145. The predicted octanol–water partition coefficient (Wildman–Crippen LogP) is 3.01. The molecule has 3 atom stereocenters. The van der Waals surface area contributed by atoms with Crippen LogP contribution < -0.4 is 5.32 Å². The molecule has 0 aromatic carbocycles. The molecule has 0 aromatic heterocycles. The molecule has 1 aliphatic heterocycles. The zero-order valence-corrected chi connectivity index (χ0v) is 13.9. The summed E-state index contributed by atoms with van der Waals surface area (Å²) < 4.78 is 0. The average Bonchev–Trinajstić information content (AvgIpc) is 2.84. The van der Waals surface area contributed by atoms with E-state index in [1.165, 1.54) is 32.1 Å². The molecule has 2 N–H and O–H groups in total. The molecule has 0 radical (unpaired) electrons. The van der Waals surface area contributed by atoms with E-state index in [0.29, 0.717) is 12.1 Å². The van der Waals surface area contributed by atoms with Gasteiger partial charge in [0.15, 0.2) is 0 Å². The van der Waals surface area contributed by atoms with Crippen LogP contribution in [0.1, 0.15) is 72.1 Å². The zero-order valence-electron chi connectivity index (χ0n) is 13.9. The number of rotatable bonds is 6. The van der Waals surface area contributed by atoms with Crippen LogP contribution in [0.5, 0.6) is 0 Å². The van der Waals surface area contributed by atoms with E-state index in [4.69, 9.17) is 0 Å². The number of nitrogens with one attached hydrogen (secondary N) is 1. The van der Waals surface area contributed by atoms with Crippen molar-refractivity contribution in [3.63, 3.8) is 0 Å². The van der Waals surface area contributed by atoms with Gasteiger partial charge in [-0.1, -0.05) is 19.8 Å². The Balaban J connectivity index is 2.06. The van der Waals surface area contributed by atoms with E-state index < -0.39 is 11.5 Å². The van der Waals surface area contributed by atoms with Crippen molar-refractivity contribution < 1.29 is 9.90 Å². The number of carboxylic acids is 1. The molecule has 2 fully saturated rings. The minimum atomic E-state index is -0.701. The van der Waals surface area contributed by atoms with Gasteiger partial charge in [-0.05, 0) is 58.9 Å². The van der Waals surface area contributed by atoms with Gasteiger partial charge in [-0.25, -0.2) is 0 Å². The van der Waals surface area contributed by atoms with Gasteiger partial charge < -0.3 is 5.11 Å². The summed E-state index contributed by atoms with van der Waals surface area (Å²) in [6, 6.07) is 1.34. The van der Waals surface area contributed by atoms with Crippen molar-refractivity contribution in [2.75, 3.05) is 6.54 Å². The van der Waals surface area contributed by atoms with Crippen LogP contribution in [0.4, 0.5) is 0 Å². The molecule has 21 heavy (non-hydrogen) atoms. The van der Waals surface area contributed by atoms with Crippen molar-refractivity contribution in [2.24, 2.45) is 0 Å². The second-order valence-corrected chi connectivity index (χ2v) is 7.26. The Morgan fingerprint density at radius 1 is 1.38 bits per heavy atom. The van der Waals surface area contributed by atoms with Gasteiger partial charge in [0.05, 0.1) is 0 Å². The maximum absolute atomic E-state index is 11.8. The number of aliphatic carboxylic acids is 1. The summed E-state index contributed by atoms with van der Waals surface area (Å²) in [5.41, 5.74) is -0.701. The van der Waals surface area contributed by atoms with Crippen molar-refractivity contribution in [2.45, 2.75) is 95.8 Å². The van der Waals surface area contributed by atoms with Crippen LogP contribution in [0, 0.1) is 0 Å². The predicted molar refractivity (Wildman–Crippen MR) is 85.5 cm³/mol. The third-order valence-electron chi connectivity index (χ3n) is 5.23. The topological polar surface area (TPSA) is 52.6 Å². The fourth-order valence-corrected chi connectivity index (χ4v) is 4.39. The minimum absolute atomic E-state index is 0.215. The first-order valence-electron chi connectivity index (χ1n) is 8.75. The number of carbonyl (C=O) groups is 1. The SMILES string of the molecule is CCCC1CCCCN1C1CCC(NC(C)C)(C(=O)O)C1. The van der Waals surface area contributed by atoms with Crippen LogP contribution in [0.15, 0.2) is 0 Å². The lowest BCUT2D eigenvalue weighted by Crippen LogP contribution is -2.54. The van der Waals surface area contributed by atoms with Crippen molar-refractivity contribution in [3.05, 3.63) is 0 Å². The molecule has 0 amide bonds. The van der Waals surface area contributed by atoms with E-state index in [2.05, 4.69) is 17.1 Å². The van der Waals surface area contributed by atoms with Gasteiger partial charge in [-0.2, -0.15) is 0 Å². The highest BCUT2D eigenvalue weighted by molar-refractivity contribution is 5.79. The highest BCUT2D eigenvalue weighted by Crippen LogP contribution is 2.37. The van der Waals surface area contributed by atoms with Gasteiger partial charge >= 0.3 is 5.97 Å². The number of hydrogen-bond donors (Lipinski definition) is 2. The van der Waals surface area contributed by atoms with Gasteiger partial charge in [0.25, 0.3) is 0 Å². The van der Waals surface area contributed by atoms with Crippen LogP contribution in [-0.2, 0) is 4.79 Å². The van der Waals surface area contributed by atoms with Crippen LogP contribution in [0.3, 0.4) is 0 Å². The number of piperidine rings is 1. The standard InChI is InChI=1S/C17H32N2O2/c1-4-7-14-8-5-6-11-19(14)15-9-10-17(12-15,16(20)21)18-13(2)3/h13-15,18H,4-12H2,1-3H3,(H,20,21). The van der Waals surface area contributed by atoms with Gasteiger partial charge in [0, 0.05) is 18.1 Å². The lowest BCUT2D eigenvalue weighted by Gasteiger charge is -2.40. The van der Waals surface area contributed by atoms with E-state index in [9.17, 15) is 9.90 Å². The van der Waals surface area contributed by atoms with Crippen molar-refractivity contribution >= 4 is 5.97 Å². The Morgan fingerprint density at radius 2 is 2.14 bits per heavy atom. The minimum Gasteiger partial charge on any atom is -0.480 e. The van der Waals surface area contributed by atoms with E-state index in [-0.39, 0.29) is 6.04 Å². The summed E-state index contributed by atoms with van der Waals surface area (Å²) in [4.78, 5) is 14.5. The fourth-order valence-electron chi connectivity index (χ4n) is 4.39. The Labute approximate surface area is 129 Å². The largest absolute Gasteiger partial charge is 0.480 e. The maximum Gasteiger partial charge on any atom is 0.323 e. The Bertz CT molecular complexity index is 357. The van der Waals surface area contributed by atoms with Crippen LogP contribution in [0.25, 0.3) is 0 Å². The molecule has 0 spiro atoms. The first kappa shape index (κ1) is 16.8. The van der Waals surface area contributed by atoms with Crippen molar-refractivity contribution in [3.8, 4) is 0 Å². The summed E-state index contributed by atoms with van der Waals surface area (Å²) >= 11 is 0. The summed E-state index contributed by atoms with van der Waals surface area (Å²) in [5.74, 6) is -0.664. The molecular weight excluding hydrogens is 264 g/mol. The number of nitrogens with zero attached hydrogens (tertiary/aromatic N) is 1. The highest BCUT2D eigenvalue weighted by Gasteiger charge is 2.48. The Morgan fingerprint density at radius 3 is 2.76 bits per heavy atom. The Hall–Kier alpha value is -0.610. The van der Waals surface area contributed by atoms with Crippen molar-refractivity contribution in [1.29, 1.82) is 0 Å². The molecule has 0 aromatic rings. The molecular formula is C17H32N2O2. The van der Waals surface area contributed by atoms with Crippen LogP contribution in [-0.4, -0.2) is 46.2 Å². The number of likely N-dealkylation sites (tertiary alicyclic amines) is 1. The Kier molecular flexibility index (Phi) is 5.67. The molecule has 122 valence electrons. The number of hydrogen-bond acceptors (Lipinski definition) is 3. The summed E-state index contributed by atoms with van der Waals surface area (Å²) in [6.07, 6.45) is 8.93. The second-order valence-electron chi connectivity index (χ2n) is 7.26. The summed E-state index contributed by atoms with van der Waals surface area (Å²) in [6.45, 7) is 7.49. The smallest absolute Gasteiger partial charge is 0.323 e. The van der Waals surface area contributed by atoms with E-state index in [1.54, 1.807) is 0 Å². The van der Waals surface area contributed by atoms with Crippen LogP contribution in [0.2, 0.25) is 0 Å². The zero-order chi connectivity index (χ0) is 15.5. The molecule has 3 unspecified atom stereocenters. The molecule has 4 heteroatoms. The summed E-state index contributed by atoms with van der Waals surface area (Å²) in [5, 5.41) is 13.1. The lowest BCUT2D eigenvalue weighted by atomic mass is 9.93. The second kappa shape index (κ2) is 7.10. The van der Waals surface area contributed by atoms with E-state index in [1.807, 2.05) is 13.8 Å². The number of carboxylic acid groups (broad SMARTS) is 1. The highest BCUT2D eigenvalue weighted by atomic mass is 16.4. The maximum atomic E-state index is 11.8. The monoisotopic (exact) mass is 296 g/mol. The molecule has 1 saturated carbocycles. The van der Waals surface area contributed by atoms with E-state index in [0.717, 1.165) is 25.8 Å². The normalized spacial score (nSPS) is 34.5. The van der Waals surface area contributed by atoms with Gasteiger partial charge in [-0.15, -0.1) is 0 Å². The third kappa shape index (κ3) is 3.78. The fraction of sp³-hybridized carbons (Fsp3) is 0.941. The molecule has 1 aliphatic carbocycles. The molecule has 1 saturated heterocycles. The molecule has 1 heterocycles. The first-order chi connectivity index (χ1) is 9.98. The quantitative estimate of drug-likeness (QED) is 0.791. The molecule has 2 rings (SSSR count). The third-order valence-corrected chi connectivity index (χ3v) is 5.23. The summed E-state index contributed by atoms with van der Waals surface area (Å²) in [7, 11) is 0. The first-order valence-corrected chi connectivity index (χ1v) is 8.75. The van der Waals surface area contributed by atoms with Crippen molar-refractivity contribution in [1.82, 2.24) is 10.2 Å². The molecule has 0 bridgehead atoms.